The molecule has 14 heteroatoms. The van der Waals surface area contributed by atoms with Crippen LogP contribution < -0.4 is 4.31 Å². The molecule has 0 spiro atoms. The normalized spacial score (nSPS) is 12.6. The monoisotopic (exact) mass is 578 g/mol. The van der Waals surface area contributed by atoms with Gasteiger partial charge in [-0.1, -0.05) is 23.9 Å². The van der Waals surface area contributed by atoms with Gasteiger partial charge in [-0.05, 0) is 60.0 Å². The van der Waals surface area contributed by atoms with Gasteiger partial charge in [-0.15, -0.1) is 10.1 Å². The van der Waals surface area contributed by atoms with Crippen molar-refractivity contribution in [2.24, 2.45) is 0 Å². The summed E-state index contributed by atoms with van der Waals surface area (Å²) in [5.74, 6) is -3.19. The third-order valence-corrected chi connectivity index (χ3v) is 7.85. The lowest BCUT2D eigenvalue weighted by molar-refractivity contribution is -0.763. The smallest absolute Gasteiger partial charge is 0.339 e. The first-order valence-electron chi connectivity index (χ1n) is 11.3. The number of fused-ring (bicyclic) bond motifs is 1. The number of esters is 1. The van der Waals surface area contributed by atoms with Gasteiger partial charge in [-0.2, -0.15) is 0 Å². The minimum atomic E-state index is -4.05. The van der Waals surface area contributed by atoms with Crippen LogP contribution in [0.15, 0.2) is 64.4 Å². The second-order valence-corrected chi connectivity index (χ2v) is 11.5. The van der Waals surface area contributed by atoms with Crippen LogP contribution in [-0.4, -0.2) is 38.2 Å². The van der Waals surface area contributed by atoms with E-state index in [4.69, 9.17) is 4.74 Å². The number of rotatable bonds is 10. The van der Waals surface area contributed by atoms with E-state index in [0.29, 0.717) is 23.1 Å². The summed E-state index contributed by atoms with van der Waals surface area (Å²) < 4.78 is 59.1. The fourth-order valence-corrected chi connectivity index (χ4v) is 5.68. The number of Topliss-reactive ketones (excluding diaryl/α,β-unsaturated/α-hetero) is 1. The van der Waals surface area contributed by atoms with Crippen molar-refractivity contribution in [2.45, 2.75) is 29.2 Å². The Bertz CT molecular complexity index is 1580. The molecule has 4 rings (SSSR count). The quantitative estimate of drug-likeness (QED) is 0.147. The molecule has 0 aliphatic heterocycles. The van der Waals surface area contributed by atoms with Crippen molar-refractivity contribution in [3.63, 3.8) is 0 Å². The fourth-order valence-electron chi connectivity index (χ4n) is 3.86. The van der Waals surface area contributed by atoms with E-state index in [1.807, 2.05) is 0 Å². The number of carbonyl (C=O) groups is 2. The summed E-state index contributed by atoms with van der Waals surface area (Å²) in [5.41, 5.74) is 1.39. The second-order valence-electron chi connectivity index (χ2n) is 8.45. The molecular weight excluding hydrogens is 558 g/mol. The van der Waals surface area contributed by atoms with Crippen LogP contribution in [0.3, 0.4) is 0 Å². The molecule has 39 heavy (non-hydrogen) atoms. The average molecular weight is 579 g/mol. The predicted octanol–water partition coefficient (Wildman–Crippen LogP) is 4.53. The zero-order valence-corrected chi connectivity index (χ0v) is 21.9. The molecule has 204 valence electrons. The van der Waals surface area contributed by atoms with Crippen molar-refractivity contribution < 1.29 is 41.4 Å². The first-order valence-corrected chi connectivity index (χ1v) is 13.9. The lowest BCUT2D eigenvalue weighted by atomic mass is 10.1. The Balaban J connectivity index is 1.65. The van der Waals surface area contributed by atoms with E-state index in [2.05, 4.69) is 4.84 Å². The van der Waals surface area contributed by atoms with Crippen LogP contribution in [0, 0.1) is 21.7 Å². The highest BCUT2D eigenvalue weighted by atomic mass is 32.2. The summed E-state index contributed by atoms with van der Waals surface area (Å²) in [6, 6.07) is 11.8. The largest absolute Gasteiger partial charge is 0.440 e. The van der Waals surface area contributed by atoms with Crippen LogP contribution in [0.5, 0.6) is 0 Å². The average Bonchev–Trinajstić information content (AvgIpc) is 3.23. The highest BCUT2D eigenvalue weighted by molar-refractivity contribution is 7.99. The van der Waals surface area contributed by atoms with E-state index in [-0.39, 0.29) is 33.2 Å². The molecule has 0 N–H and O–H groups in total. The van der Waals surface area contributed by atoms with Gasteiger partial charge in [-0.25, -0.2) is 26.3 Å². The molecule has 0 bridgehead atoms. The molecule has 0 amide bonds. The van der Waals surface area contributed by atoms with Crippen LogP contribution in [-0.2, 0) is 32.6 Å². The summed E-state index contributed by atoms with van der Waals surface area (Å²) >= 11 is 0.916. The zero-order chi connectivity index (χ0) is 28.3. The maximum atomic E-state index is 13.9. The van der Waals surface area contributed by atoms with Gasteiger partial charge >= 0.3 is 5.97 Å². The van der Waals surface area contributed by atoms with Crippen molar-refractivity contribution in [3.8, 4) is 0 Å². The van der Waals surface area contributed by atoms with E-state index < -0.39 is 46.1 Å². The Morgan fingerprint density at radius 3 is 2.56 bits per heavy atom. The van der Waals surface area contributed by atoms with Crippen LogP contribution in [0.4, 0.5) is 14.5 Å². The zero-order valence-electron chi connectivity index (χ0n) is 20.3. The Morgan fingerprint density at radius 1 is 1.10 bits per heavy atom. The molecule has 0 radical (unpaired) electrons. The number of nitrogens with zero attached hydrogens (tertiary/aromatic N) is 2. The lowest BCUT2D eigenvalue weighted by Gasteiger charge is -2.25. The molecule has 3 aromatic rings. The Kier molecular flexibility index (Phi) is 8.16. The van der Waals surface area contributed by atoms with Crippen molar-refractivity contribution in [3.05, 3.63) is 98.6 Å². The summed E-state index contributed by atoms with van der Waals surface area (Å²) in [4.78, 5) is 40.3. The van der Waals surface area contributed by atoms with Gasteiger partial charge in [0.15, 0.2) is 24.1 Å². The molecule has 0 saturated heterocycles. The number of sulfonamides is 1. The Labute approximate surface area is 225 Å². The van der Waals surface area contributed by atoms with Gasteiger partial charge in [0, 0.05) is 21.8 Å². The summed E-state index contributed by atoms with van der Waals surface area (Å²) in [5, 5.41) is 9.46. The molecule has 0 saturated carbocycles. The van der Waals surface area contributed by atoms with E-state index in [0.717, 1.165) is 34.5 Å². The Morgan fingerprint density at radius 2 is 1.87 bits per heavy atom. The number of ketones is 1. The van der Waals surface area contributed by atoms with Gasteiger partial charge in [0.25, 0.3) is 5.09 Å². The van der Waals surface area contributed by atoms with Crippen LogP contribution >= 0.6 is 11.8 Å². The van der Waals surface area contributed by atoms with E-state index in [9.17, 15) is 36.9 Å². The van der Waals surface area contributed by atoms with Crippen LogP contribution in [0.25, 0.3) is 0 Å². The fraction of sp³-hybridized carbons (Fsp3) is 0.200. The van der Waals surface area contributed by atoms with Gasteiger partial charge < -0.3 is 9.57 Å². The molecule has 1 aliphatic rings. The molecule has 10 nitrogen and oxygen atoms in total. The maximum absolute atomic E-state index is 13.9. The maximum Gasteiger partial charge on any atom is 0.339 e. The van der Waals surface area contributed by atoms with Crippen LogP contribution in [0.2, 0.25) is 0 Å². The van der Waals surface area contributed by atoms with Gasteiger partial charge in [0.1, 0.15) is 6.61 Å². The number of aryl methyl sites for hydroxylation is 1. The standard InChI is InChI=1S/C25H20F2N2O8S2/c1-39(34,35)28(14-36-25(31)17-4-2-3-15(9-17)13-37-29(32)33)22-10-16-5-8-23(30)19(16)12-24(22)38-18-6-7-20(26)21(27)11-18/h2-4,6-7,9-12H,5,8,13-14H2,1H3. The second kappa shape index (κ2) is 11.4. The number of ether oxygens (including phenoxy) is 1. The minimum absolute atomic E-state index is 0.00355. The molecule has 3 aromatic carbocycles. The SMILES string of the molecule is CS(=O)(=O)N(COC(=O)c1cccc(CO[N+](=O)[O-])c1)c1cc2c(cc1Sc1ccc(F)c(F)c1)C(=O)CC2. The van der Waals surface area contributed by atoms with Crippen molar-refractivity contribution in [1.82, 2.24) is 0 Å². The molecule has 1 aliphatic carbocycles. The van der Waals surface area contributed by atoms with Gasteiger partial charge in [-0.3, -0.25) is 4.79 Å². The molecule has 0 atom stereocenters. The molecular formula is C25H20F2N2O8S2. The minimum Gasteiger partial charge on any atom is -0.440 e. The van der Waals surface area contributed by atoms with E-state index in [1.54, 1.807) is 0 Å². The topological polar surface area (TPSA) is 133 Å². The number of hydrogen-bond acceptors (Lipinski definition) is 9. The molecule has 0 aromatic heterocycles. The highest BCUT2D eigenvalue weighted by Crippen LogP contribution is 2.41. The summed E-state index contributed by atoms with van der Waals surface area (Å²) in [7, 11) is -4.05. The van der Waals surface area contributed by atoms with Crippen molar-refractivity contribution >= 4 is 39.2 Å². The summed E-state index contributed by atoms with van der Waals surface area (Å²) in [6.45, 7) is -1.15. The third-order valence-electron chi connectivity index (χ3n) is 5.71. The third kappa shape index (κ3) is 6.70. The van der Waals surface area contributed by atoms with Gasteiger partial charge in [0.05, 0.1) is 17.5 Å². The number of halogens is 2. The summed E-state index contributed by atoms with van der Waals surface area (Å²) in [6.07, 6.45) is 1.52. The number of benzene rings is 3. The first-order chi connectivity index (χ1) is 18.4. The first kappa shape index (κ1) is 28.0. The van der Waals surface area contributed by atoms with Crippen molar-refractivity contribution in [2.75, 3.05) is 17.3 Å². The number of anilines is 1. The van der Waals surface area contributed by atoms with Crippen molar-refractivity contribution in [1.29, 1.82) is 0 Å². The predicted molar refractivity (Wildman–Crippen MR) is 135 cm³/mol. The highest BCUT2D eigenvalue weighted by Gasteiger charge is 2.28. The van der Waals surface area contributed by atoms with E-state index in [1.165, 1.54) is 42.5 Å². The molecule has 0 unspecified atom stereocenters. The molecule has 0 fully saturated rings. The van der Waals surface area contributed by atoms with Crippen LogP contribution in [0.1, 0.15) is 38.3 Å². The number of carbonyl (C=O) groups excluding carboxylic acids is 2. The van der Waals surface area contributed by atoms with Gasteiger partial charge in [0.2, 0.25) is 10.0 Å². The number of hydrogen-bond donors (Lipinski definition) is 0. The molecule has 0 heterocycles. The Hall–Kier alpha value is -4.04. The lowest BCUT2D eigenvalue weighted by Crippen LogP contribution is -2.34. The van der Waals surface area contributed by atoms with E-state index >= 15 is 0 Å².